The Kier molecular flexibility index (Phi) is 4.25. The zero-order valence-corrected chi connectivity index (χ0v) is 11.5. The molecule has 1 heterocycles. The van der Waals surface area contributed by atoms with E-state index in [0.717, 1.165) is 25.3 Å². The molecule has 1 aliphatic heterocycles. The lowest BCUT2D eigenvalue weighted by molar-refractivity contribution is 0.123. The Bertz CT molecular complexity index is 392. The van der Waals surface area contributed by atoms with Gasteiger partial charge in [-0.15, -0.1) is 0 Å². The zero-order chi connectivity index (χ0) is 13.1. The monoisotopic (exact) mass is 249 g/mol. The van der Waals surface area contributed by atoms with Crippen LogP contribution < -0.4 is 4.74 Å². The maximum Gasteiger partial charge on any atom is 0.119 e. The van der Waals surface area contributed by atoms with Crippen molar-refractivity contribution in [3.63, 3.8) is 0 Å². The Hall–Kier alpha value is -1.06. The molecule has 0 spiro atoms. The van der Waals surface area contributed by atoms with Crippen LogP contribution in [0, 0.1) is 5.92 Å². The Morgan fingerprint density at radius 3 is 2.78 bits per heavy atom. The summed E-state index contributed by atoms with van der Waals surface area (Å²) in [6, 6.07) is 8.62. The van der Waals surface area contributed by atoms with Crippen LogP contribution in [-0.4, -0.2) is 36.3 Å². The first-order valence-electron chi connectivity index (χ1n) is 6.68. The lowest BCUT2D eigenvalue weighted by Gasteiger charge is -2.25. The molecule has 1 aliphatic rings. The number of likely N-dealkylation sites (tertiary alicyclic amines) is 1. The van der Waals surface area contributed by atoms with E-state index in [9.17, 15) is 5.11 Å². The average Bonchev–Trinajstić information content (AvgIpc) is 2.87. The minimum absolute atomic E-state index is 0.201. The van der Waals surface area contributed by atoms with Gasteiger partial charge in [0.2, 0.25) is 0 Å². The van der Waals surface area contributed by atoms with Crippen LogP contribution in [0.3, 0.4) is 0 Å². The Morgan fingerprint density at radius 1 is 1.39 bits per heavy atom. The smallest absolute Gasteiger partial charge is 0.119 e. The maximum absolute atomic E-state index is 9.66. The summed E-state index contributed by atoms with van der Waals surface area (Å²) in [4.78, 5) is 2.44. The predicted molar refractivity (Wildman–Crippen MR) is 72.8 cm³/mol. The van der Waals surface area contributed by atoms with Crippen LogP contribution in [0.4, 0.5) is 0 Å². The fraction of sp³-hybridized carbons (Fsp3) is 0.600. The molecule has 0 radical (unpaired) electrons. The number of rotatable bonds is 4. The summed E-state index contributed by atoms with van der Waals surface area (Å²) in [5.74, 6) is 1.32. The third-order valence-electron chi connectivity index (χ3n) is 4.06. The van der Waals surface area contributed by atoms with Gasteiger partial charge in [0.1, 0.15) is 5.75 Å². The second-order valence-corrected chi connectivity index (χ2v) is 5.24. The third-order valence-corrected chi connectivity index (χ3v) is 4.06. The second-order valence-electron chi connectivity index (χ2n) is 5.24. The highest BCUT2D eigenvalue weighted by atomic mass is 16.5. The molecule has 0 amide bonds. The molecule has 0 saturated carbocycles. The van der Waals surface area contributed by atoms with E-state index in [1.54, 1.807) is 7.11 Å². The number of methoxy groups -OCH3 is 1. The molecule has 1 fully saturated rings. The summed E-state index contributed by atoms with van der Waals surface area (Å²) < 4.78 is 5.27. The van der Waals surface area contributed by atoms with Crippen molar-refractivity contribution in [3.8, 4) is 5.75 Å². The molecule has 100 valence electrons. The molecule has 3 unspecified atom stereocenters. The van der Waals surface area contributed by atoms with Crippen LogP contribution in [-0.2, 0) is 0 Å². The van der Waals surface area contributed by atoms with Crippen molar-refractivity contribution in [1.29, 1.82) is 0 Å². The molecule has 0 aromatic heterocycles. The minimum atomic E-state index is -0.201. The normalized spacial score (nSPS) is 23.9. The molecule has 1 aromatic carbocycles. The van der Waals surface area contributed by atoms with E-state index in [0.29, 0.717) is 12.0 Å². The van der Waals surface area contributed by atoms with Gasteiger partial charge in [-0.2, -0.15) is 0 Å². The van der Waals surface area contributed by atoms with Crippen LogP contribution in [0.15, 0.2) is 24.3 Å². The molecule has 1 aromatic rings. The fourth-order valence-electron chi connectivity index (χ4n) is 2.67. The lowest BCUT2D eigenvalue weighted by atomic mass is 10.0. The number of aliphatic hydroxyl groups is 1. The van der Waals surface area contributed by atoms with Crippen LogP contribution in [0.5, 0.6) is 5.75 Å². The van der Waals surface area contributed by atoms with Gasteiger partial charge in [-0.05, 0) is 50.4 Å². The molecular formula is C15H23NO2. The van der Waals surface area contributed by atoms with Crippen LogP contribution in [0.2, 0.25) is 0 Å². The van der Waals surface area contributed by atoms with Crippen molar-refractivity contribution in [2.24, 2.45) is 5.92 Å². The van der Waals surface area contributed by atoms with Gasteiger partial charge in [-0.3, -0.25) is 4.90 Å². The third kappa shape index (κ3) is 2.85. The van der Waals surface area contributed by atoms with Crippen molar-refractivity contribution in [3.05, 3.63) is 29.8 Å². The van der Waals surface area contributed by atoms with E-state index in [1.807, 2.05) is 19.1 Å². The number of nitrogens with zero attached hydrogens (tertiary/aromatic N) is 1. The molecule has 18 heavy (non-hydrogen) atoms. The van der Waals surface area contributed by atoms with Crippen molar-refractivity contribution in [2.45, 2.75) is 32.4 Å². The molecule has 0 bridgehead atoms. The molecule has 3 heteroatoms. The number of ether oxygens (including phenoxy) is 1. The van der Waals surface area contributed by atoms with E-state index in [1.165, 1.54) is 5.56 Å². The molecular weight excluding hydrogens is 226 g/mol. The Balaban J connectivity index is 2.05. The molecule has 3 nitrogen and oxygen atoms in total. The van der Waals surface area contributed by atoms with Crippen molar-refractivity contribution < 1.29 is 9.84 Å². The summed E-state index contributed by atoms with van der Waals surface area (Å²) in [6.45, 7) is 6.16. The highest BCUT2D eigenvalue weighted by molar-refractivity contribution is 5.30. The predicted octanol–water partition coefficient (Wildman–Crippen LogP) is 2.46. The minimum Gasteiger partial charge on any atom is -0.497 e. The van der Waals surface area contributed by atoms with E-state index in [2.05, 4.69) is 24.0 Å². The number of hydrogen-bond donors (Lipinski definition) is 1. The van der Waals surface area contributed by atoms with Gasteiger partial charge in [0.15, 0.2) is 0 Å². The molecule has 1 saturated heterocycles. The van der Waals surface area contributed by atoms with Crippen LogP contribution >= 0.6 is 0 Å². The van der Waals surface area contributed by atoms with E-state index < -0.39 is 0 Å². The van der Waals surface area contributed by atoms with Gasteiger partial charge >= 0.3 is 0 Å². The van der Waals surface area contributed by atoms with Gasteiger partial charge < -0.3 is 9.84 Å². The average molecular weight is 249 g/mol. The van der Waals surface area contributed by atoms with Crippen LogP contribution in [0.1, 0.15) is 31.9 Å². The summed E-state index contributed by atoms with van der Waals surface area (Å²) in [7, 11) is 1.70. The van der Waals surface area contributed by atoms with Gasteiger partial charge in [0, 0.05) is 12.6 Å². The van der Waals surface area contributed by atoms with Crippen molar-refractivity contribution in [1.82, 2.24) is 4.90 Å². The largest absolute Gasteiger partial charge is 0.497 e. The van der Waals surface area contributed by atoms with Crippen molar-refractivity contribution in [2.75, 3.05) is 20.2 Å². The fourth-order valence-corrected chi connectivity index (χ4v) is 2.67. The zero-order valence-electron chi connectivity index (χ0n) is 11.5. The molecule has 1 N–H and O–H groups in total. The van der Waals surface area contributed by atoms with Gasteiger partial charge in [-0.1, -0.05) is 12.1 Å². The summed E-state index contributed by atoms with van der Waals surface area (Å²) >= 11 is 0. The number of aliphatic hydroxyl groups excluding tert-OH is 1. The Morgan fingerprint density at radius 2 is 2.17 bits per heavy atom. The lowest BCUT2D eigenvalue weighted by Crippen LogP contribution is -2.27. The first kappa shape index (κ1) is 13.4. The number of benzene rings is 1. The van der Waals surface area contributed by atoms with Gasteiger partial charge in [-0.25, -0.2) is 0 Å². The highest BCUT2D eigenvalue weighted by Crippen LogP contribution is 2.30. The standard InChI is InChI=1S/C15H23NO2/c1-11(13-5-4-6-15(9-13)18-3)16-8-7-14(10-16)12(2)17/h4-6,9,11-12,14,17H,7-8,10H2,1-3H3. The second kappa shape index (κ2) is 5.72. The molecule has 3 atom stereocenters. The van der Waals surface area contributed by atoms with E-state index >= 15 is 0 Å². The first-order chi connectivity index (χ1) is 8.61. The van der Waals surface area contributed by atoms with Gasteiger partial charge in [0.05, 0.1) is 13.2 Å². The summed E-state index contributed by atoms with van der Waals surface area (Å²) in [5.41, 5.74) is 1.28. The maximum atomic E-state index is 9.66. The highest BCUT2D eigenvalue weighted by Gasteiger charge is 2.29. The van der Waals surface area contributed by atoms with Crippen LogP contribution in [0.25, 0.3) is 0 Å². The van der Waals surface area contributed by atoms with E-state index in [-0.39, 0.29) is 6.10 Å². The van der Waals surface area contributed by atoms with E-state index in [4.69, 9.17) is 4.74 Å². The Labute approximate surface area is 109 Å². The quantitative estimate of drug-likeness (QED) is 0.889. The van der Waals surface area contributed by atoms with Gasteiger partial charge in [0.25, 0.3) is 0 Å². The summed E-state index contributed by atoms with van der Waals surface area (Å²) in [6.07, 6.45) is 0.888. The van der Waals surface area contributed by atoms with Crippen molar-refractivity contribution >= 4 is 0 Å². The SMILES string of the molecule is COc1cccc(C(C)N2CCC(C(C)O)C2)c1. The first-order valence-corrected chi connectivity index (χ1v) is 6.68. The summed E-state index contributed by atoms with van der Waals surface area (Å²) in [5, 5.41) is 9.66. The topological polar surface area (TPSA) is 32.7 Å². The number of hydrogen-bond acceptors (Lipinski definition) is 3. The molecule has 0 aliphatic carbocycles. The molecule has 2 rings (SSSR count).